The highest BCUT2D eigenvalue weighted by Gasteiger charge is 2.19. The molecule has 0 bridgehead atoms. The summed E-state index contributed by atoms with van der Waals surface area (Å²) in [6.07, 6.45) is 2.18. The molecule has 176 valence electrons. The van der Waals surface area contributed by atoms with E-state index in [9.17, 15) is 14.0 Å². The number of hydrogen-bond acceptors (Lipinski definition) is 3. The molecule has 0 aliphatic carbocycles. The van der Waals surface area contributed by atoms with Crippen LogP contribution in [0.2, 0.25) is 0 Å². The molecule has 3 amide bonds. The summed E-state index contributed by atoms with van der Waals surface area (Å²) in [6, 6.07) is 19.0. The molecule has 0 saturated carbocycles. The standard InChI is InChI=1S/C27H29FN4O2/c1-19-4-6-20(7-5-19)17-29-26(33)22-10-13-25(32-14-2-3-15-32)24(16-22)31-27(34)30-18-21-8-11-23(28)12-9-21/h4-13,16H,2-3,14-15,17-18H2,1H3,(H,29,33)(H2,30,31,34). The molecule has 0 atom stereocenters. The van der Waals surface area contributed by atoms with Crippen LogP contribution in [0.15, 0.2) is 66.7 Å². The Hall–Kier alpha value is -3.87. The van der Waals surface area contributed by atoms with Crippen molar-refractivity contribution in [1.29, 1.82) is 0 Å². The second-order valence-electron chi connectivity index (χ2n) is 8.53. The summed E-state index contributed by atoms with van der Waals surface area (Å²) < 4.78 is 13.1. The first kappa shape index (κ1) is 23.3. The molecule has 1 fully saturated rings. The van der Waals surface area contributed by atoms with Crippen LogP contribution in [0.5, 0.6) is 0 Å². The van der Waals surface area contributed by atoms with Crippen LogP contribution in [0.1, 0.15) is 39.9 Å². The number of amides is 3. The minimum absolute atomic E-state index is 0.205. The topological polar surface area (TPSA) is 73.5 Å². The molecule has 3 aromatic rings. The third-order valence-corrected chi connectivity index (χ3v) is 5.89. The fraction of sp³-hybridized carbons (Fsp3) is 0.259. The lowest BCUT2D eigenvalue weighted by atomic mass is 10.1. The highest BCUT2D eigenvalue weighted by molar-refractivity contribution is 5.99. The smallest absolute Gasteiger partial charge is 0.319 e. The molecular weight excluding hydrogens is 431 g/mol. The summed E-state index contributed by atoms with van der Waals surface area (Å²) in [5.74, 6) is -0.524. The van der Waals surface area contributed by atoms with Gasteiger partial charge in [0, 0.05) is 31.7 Å². The molecule has 0 radical (unpaired) electrons. The second kappa shape index (κ2) is 10.8. The Morgan fingerprint density at radius 1 is 0.853 bits per heavy atom. The number of benzene rings is 3. The Labute approximate surface area is 199 Å². The van der Waals surface area contributed by atoms with E-state index in [0.717, 1.165) is 42.7 Å². The Morgan fingerprint density at radius 2 is 1.47 bits per heavy atom. The summed E-state index contributed by atoms with van der Waals surface area (Å²) in [6.45, 7) is 4.53. The third kappa shape index (κ3) is 6.13. The van der Waals surface area contributed by atoms with E-state index in [4.69, 9.17) is 0 Å². The molecule has 1 aliphatic heterocycles. The highest BCUT2D eigenvalue weighted by Crippen LogP contribution is 2.30. The molecule has 34 heavy (non-hydrogen) atoms. The highest BCUT2D eigenvalue weighted by atomic mass is 19.1. The summed E-state index contributed by atoms with van der Waals surface area (Å²) in [7, 11) is 0. The molecule has 1 heterocycles. The SMILES string of the molecule is Cc1ccc(CNC(=O)c2ccc(N3CCCC3)c(NC(=O)NCc3ccc(F)cc3)c2)cc1. The zero-order valence-corrected chi connectivity index (χ0v) is 19.2. The molecule has 1 aliphatic rings. The van der Waals surface area contributed by atoms with E-state index in [2.05, 4.69) is 20.9 Å². The lowest BCUT2D eigenvalue weighted by Crippen LogP contribution is -2.30. The number of hydrogen-bond donors (Lipinski definition) is 3. The van der Waals surface area contributed by atoms with E-state index in [1.165, 1.54) is 17.7 Å². The Balaban J connectivity index is 1.45. The first-order valence-electron chi connectivity index (χ1n) is 11.5. The lowest BCUT2D eigenvalue weighted by Gasteiger charge is -2.22. The van der Waals surface area contributed by atoms with Gasteiger partial charge in [0.05, 0.1) is 11.4 Å². The van der Waals surface area contributed by atoms with E-state index in [0.29, 0.717) is 17.8 Å². The molecule has 3 N–H and O–H groups in total. The van der Waals surface area contributed by atoms with Crippen LogP contribution in [0, 0.1) is 12.7 Å². The molecular formula is C27H29FN4O2. The van der Waals surface area contributed by atoms with Crippen molar-refractivity contribution in [2.24, 2.45) is 0 Å². The molecule has 0 unspecified atom stereocenters. The molecule has 6 nitrogen and oxygen atoms in total. The van der Waals surface area contributed by atoms with E-state index in [1.807, 2.05) is 37.3 Å². The van der Waals surface area contributed by atoms with Crippen LogP contribution < -0.4 is 20.9 Å². The molecule has 0 aromatic heterocycles. The molecule has 3 aromatic carbocycles. The van der Waals surface area contributed by atoms with Crippen LogP contribution in [-0.4, -0.2) is 25.0 Å². The normalized spacial score (nSPS) is 12.9. The maximum atomic E-state index is 13.1. The van der Waals surface area contributed by atoms with Crippen molar-refractivity contribution in [3.05, 3.63) is 94.8 Å². The van der Waals surface area contributed by atoms with Gasteiger partial charge in [-0.1, -0.05) is 42.0 Å². The van der Waals surface area contributed by atoms with Crippen LogP contribution in [0.25, 0.3) is 0 Å². The van der Waals surface area contributed by atoms with Crippen molar-refractivity contribution >= 4 is 23.3 Å². The number of aryl methyl sites for hydroxylation is 1. The van der Waals surface area contributed by atoms with E-state index >= 15 is 0 Å². The van der Waals surface area contributed by atoms with Crippen LogP contribution in [0.3, 0.4) is 0 Å². The van der Waals surface area contributed by atoms with E-state index in [1.54, 1.807) is 24.3 Å². The molecule has 7 heteroatoms. The van der Waals surface area contributed by atoms with Crippen molar-refractivity contribution in [2.75, 3.05) is 23.3 Å². The van der Waals surface area contributed by atoms with Crippen molar-refractivity contribution in [2.45, 2.75) is 32.9 Å². The van der Waals surface area contributed by atoms with Gasteiger partial charge in [0.15, 0.2) is 0 Å². The van der Waals surface area contributed by atoms with Crippen molar-refractivity contribution in [3.8, 4) is 0 Å². The maximum Gasteiger partial charge on any atom is 0.319 e. The monoisotopic (exact) mass is 460 g/mol. The predicted octanol–water partition coefficient (Wildman–Crippen LogP) is 4.99. The average Bonchev–Trinajstić information content (AvgIpc) is 3.38. The lowest BCUT2D eigenvalue weighted by molar-refractivity contribution is 0.0951. The minimum atomic E-state index is -0.387. The predicted molar refractivity (Wildman–Crippen MR) is 132 cm³/mol. The van der Waals surface area contributed by atoms with Crippen LogP contribution >= 0.6 is 0 Å². The maximum absolute atomic E-state index is 13.1. The van der Waals surface area contributed by atoms with Gasteiger partial charge in [-0.2, -0.15) is 0 Å². The van der Waals surface area contributed by atoms with Crippen molar-refractivity contribution in [3.63, 3.8) is 0 Å². The number of anilines is 2. The van der Waals surface area contributed by atoms with Crippen LogP contribution in [0.4, 0.5) is 20.6 Å². The van der Waals surface area contributed by atoms with Gasteiger partial charge in [-0.15, -0.1) is 0 Å². The van der Waals surface area contributed by atoms with Gasteiger partial charge >= 0.3 is 6.03 Å². The fourth-order valence-electron chi connectivity index (χ4n) is 3.95. The summed E-state index contributed by atoms with van der Waals surface area (Å²) in [5.41, 5.74) is 4.93. The molecule has 0 spiro atoms. The number of nitrogens with one attached hydrogen (secondary N) is 3. The minimum Gasteiger partial charge on any atom is -0.370 e. The first-order valence-corrected chi connectivity index (χ1v) is 11.5. The summed E-state index contributed by atoms with van der Waals surface area (Å²) >= 11 is 0. The van der Waals surface area contributed by atoms with E-state index in [-0.39, 0.29) is 24.3 Å². The fourth-order valence-corrected chi connectivity index (χ4v) is 3.95. The van der Waals surface area contributed by atoms with E-state index < -0.39 is 0 Å². The van der Waals surface area contributed by atoms with Gasteiger partial charge < -0.3 is 20.9 Å². The number of nitrogens with zero attached hydrogens (tertiary/aromatic N) is 1. The third-order valence-electron chi connectivity index (χ3n) is 5.89. The quantitative estimate of drug-likeness (QED) is 0.465. The van der Waals surface area contributed by atoms with Crippen molar-refractivity contribution in [1.82, 2.24) is 10.6 Å². The largest absolute Gasteiger partial charge is 0.370 e. The number of rotatable bonds is 7. The molecule has 4 rings (SSSR count). The Morgan fingerprint density at radius 3 is 2.15 bits per heavy atom. The zero-order chi connectivity index (χ0) is 23.9. The average molecular weight is 461 g/mol. The van der Waals surface area contributed by atoms with Crippen molar-refractivity contribution < 1.29 is 14.0 Å². The summed E-state index contributed by atoms with van der Waals surface area (Å²) in [4.78, 5) is 27.6. The number of carbonyl (C=O) groups excluding carboxylic acids is 2. The zero-order valence-electron chi connectivity index (χ0n) is 19.2. The second-order valence-corrected chi connectivity index (χ2v) is 8.53. The van der Waals surface area contributed by atoms with Gasteiger partial charge in [0.2, 0.25) is 0 Å². The Kier molecular flexibility index (Phi) is 7.42. The Bertz CT molecular complexity index is 1140. The van der Waals surface area contributed by atoms with Gasteiger partial charge in [-0.25, -0.2) is 9.18 Å². The number of halogens is 1. The summed E-state index contributed by atoms with van der Waals surface area (Å²) in [5, 5.41) is 8.64. The van der Waals surface area contributed by atoms with Crippen LogP contribution in [-0.2, 0) is 13.1 Å². The van der Waals surface area contributed by atoms with Gasteiger partial charge in [0.1, 0.15) is 5.82 Å². The van der Waals surface area contributed by atoms with Gasteiger partial charge in [0.25, 0.3) is 5.91 Å². The number of urea groups is 1. The van der Waals surface area contributed by atoms with Gasteiger partial charge in [-0.3, -0.25) is 4.79 Å². The first-order chi connectivity index (χ1) is 16.5. The number of carbonyl (C=O) groups is 2. The van der Waals surface area contributed by atoms with Gasteiger partial charge in [-0.05, 0) is 61.2 Å². The molecule has 1 saturated heterocycles.